The number of anilines is 2. The van der Waals surface area contributed by atoms with Gasteiger partial charge in [0.15, 0.2) is 0 Å². The predicted molar refractivity (Wildman–Crippen MR) is 120 cm³/mol. The predicted octanol–water partition coefficient (Wildman–Crippen LogP) is 4.68. The Morgan fingerprint density at radius 1 is 1.07 bits per heavy atom. The Morgan fingerprint density at radius 3 is 2.67 bits per heavy atom. The lowest BCUT2D eigenvalue weighted by Crippen LogP contribution is -2.14. The normalized spacial score (nSPS) is 14.5. The Labute approximate surface area is 177 Å². The van der Waals surface area contributed by atoms with Crippen molar-refractivity contribution in [2.24, 2.45) is 5.92 Å². The maximum Gasteiger partial charge on any atom is 0.224 e. The summed E-state index contributed by atoms with van der Waals surface area (Å²) in [4.78, 5) is 12.5. The molecule has 1 aliphatic carbocycles. The van der Waals surface area contributed by atoms with Crippen molar-refractivity contribution in [1.29, 1.82) is 0 Å². The minimum atomic E-state index is -0.0752. The van der Waals surface area contributed by atoms with Crippen molar-refractivity contribution in [2.45, 2.75) is 51.5 Å². The van der Waals surface area contributed by atoms with E-state index < -0.39 is 0 Å². The van der Waals surface area contributed by atoms with Gasteiger partial charge >= 0.3 is 0 Å². The molecule has 0 saturated heterocycles. The number of hydrogen-bond acceptors (Lipinski definition) is 4. The van der Waals surface area contributed by atoms with Crippen LogP contribution in [0.1, 0.15) is 44.2 Å². The molecule has 0 radical (unpaired) electrons. The van der Waals surface area contributed by atoms with Crippen molar-refractivity contribution < 1.29 is 4.79 Å². The van der Waals surface area contributed by atoms with Gasteiger partial charge in [0.2, 0.25) is 5.91 Å². The van der Waals surface area contributed by atoms with Gasteiger partial charge in [0.1, 0.15) is 0 Å². The number of rotatable bonds is 7. The zero-order chi connectivity index (χ0) is 20.8. The Morgan fingerprint density at radius 2 is 1.87 bits per heavy atom. The number of nitrogen functional groups attached to an aromatic ring is 1. The maximum absolute atomic E-state index is 12.5. The van der Waals surface area contributed by atoms with Crippen LogP contribution in [0.2, 0.25) is 0 Å². The Bertz CT molecular complexity index is 976. The molecule has 0 atom stereocenters. The molecular formula is C24H29N5O. The molecular weight excluding hydrogens is 374 g/mol. The lowest BCUT2D eigenvalue weighted by Gasteiger charge is -2.20. The first-order valence-electron chi connectivity index (χ1n) is 10.8. The molecule has 3 N–H and O–H groups in total. The summed E-state index contributed by atoms with van der Waals surface area (Å²) in [6.45, 7) is 0.933. The molecule has 6 nitrogen and oxygen atoms in total. The van der Waals surface area contributed by atoms with E-state index in [1.807, 2.05) is 59.4 Å². The van der Waals surface area contributed by atoms with Gasteiger partial charge in [0.25, 0.3) is 0 Å². The van der Waals surface area contributed by atoms with Gasteiger partial charge in [-0.3, -0.25) is 9.48 Å². The summed E-state index contributed by atoms with van der Waals surface area (Å²) in [5.74, 6) is 0.630. The first kappa shape index (κ1) is 20.1. The van der Waals surface area contributed by atoms with Crippen molar-refractivity contribution in [3.05, 3.63) is 60.4 Å². The van der Waals surface area contributed by atoms with E-state index in [-0.39, 0.29) is 5.91 Å². The minimum Gasteiger partial charge on any atom is -0.397 e. The Balaban J connectivity index is 1.32. The molecule has 0 aliphatic heterocycles. The summed E-state index contributed by atoms with van der Waals surface area (Å²) in [6.07, 6.45) is 9.44. The van der Waals surface area contributed by atoms with Crippen LogP contribution in [-0.2, 0) is 17.8 Å². The number of carbonyl (C=O) groups is 1. The van der Waals surface area contributed by atoms with E-state index in [1.54, 1.807) is 0 Å². The second kappa shape index (κ2) is 9.57. The van der Waals surface area contributed by atoms with Crippen LogP contribution in [0, 0.1) is 5.92 Å². The number of amides is 1. The maximum atomic E-state index is 12.5. The molecule has 0 bridgehead atoms. The molecule has 30 heavy (non-hydrogen) atoms. The second-order valence-corrected chi connectivity index (χ2v) is 8.15. The summed E-state index contributed by atoms with van der Waals surface area (Å²) < 4.78 is 1.94. The number of hydrogen-bond donors (Lipinski definition) is 2. The molecule has 156 valence electrons. The van der Waals surface area contributed by atoms with Crippen LogP contribution in [0.4, 0.5) is 11.4 Å². The third-order valence-electron chi connectivity index (χ3n) is 5.80. The zero-order valence-corrected chi connectivity index (χ0v) is 17.3. The van der Waals surface area contributed by atoms with Crippen LogP contribution in [0.25, 0.3) is 11.1 Å². The summed E-state index contributed by atoms with van der Waals surface area (Å²) in [6, 6.07) is 15.7. The van der Waals surface area contributed by atoms with Gasteiger partial charge in [-0.05, 0) is 42.0 Å². The Kier molecular flexibility index (Phi) is 6.42. The zero-order valence-electron chi connectivity index (χ0n) is 17.3. The van der Waals surface area contributed by atoms with Crippen molar-refractivity contribution >= 4 is 17.3 Å². The standard InChI is InChI=1S/C24H29N5O/c25-22-13-11-20(19-9-5-2-6-10-19)15-23(22)26-24(30)14-12-21-17-29(28-27-21)16-18-7-3-1-4-8-18/h2,5-6,9-11,13,15,17-18H,1,3-4,7-8,12,14,16,25H2,(H,26,30). The van der Waals surface area contributed by atoms with Gasteiger partial charge in [0, 0.05) is 25.6 Å². The molecule has 6 heteroatoms. The van der Waals surface area contributed by atoms with Crippen LogP contribution in [-0.4, -0.2) is 20.9 Å². The van der Waals surface area contributed by atoms with Gasteiger partial charge in [-0.1, -0.05) is 60.9 Å². The largest absolute Gasteiger partial charge is 0.397 e. The van der Waals surface area contributed by atoms with Crippen LogP contribution in [0.15, 0.2) is 54.7 Å². The summed E-state index contributed by atoms with van der Waals surface area (Å²) in [5, 5.41) is 11.4. The van der Waals surface area contributed by atoms with E-state index in [0.29, 0.717) is 30.1 Å². The fourth-order valence-electron chi connectivity index (χ4n) is 4.11. The lowest BCUT2D eigenvalue weighted by atomic mass is 9.89. The lowest BCUT2D eigenvalue weighted by molar-refractivity contribution is -0.116. The van der Waals surface area contributed by atoms with Crippen LogP contribution < -0.4 is 11.1 Å². The van der Waals surface area contributed by atoms with Crippen LogP contribution in [0.3, 0.4) is 0 Å². The van der Waals surface area contributed by atoms with Crippen molar-refractivity contribution in [3.8, 4) is 11.1 Å². The first-order valence-corrected chi connectivity index (χ1v) is 10.8. The summed E-state index contributed by atoms with van der Waals surface area (Å²) in [7, 11) is 0. The Hall–Kier alpha value is -3.15. The SMILES string of the molecule is Nc1ccc(-c2ccccc2)cc1NC(=O)CCc1cn(CC2CCCCC2)nn1. The van der Waals surface area contributed by atoms with E-state index in [9.17, 15) is 4.79 Å². The van der Waals surface area contributed by atoms with E-state index in [2.05, 4.69) is 15.6 Å². The fourth-order valence-corrected chi connectivity index (χ4v) is 4.11. The average molecular weight is 404 g/mol. The highest BCUT2D eigenvalue weighted by Crippen LogP contribution is 2.27. The van der Waals surface area contributed by atoms with Gasteiger partial charge in [-0.15, -0.1) is 5.10 Å². The fraction of sp³-hybridized carbons (Fsp3) is 0.375. The van der Waals surface area contributed by atoms with E-state index in [0.717, 1.165) is 23.4 Å². The molecule has 2 aromatic carbocycles. The minimum absolute atomic E-state index is 0.0752. The number of aryl methyl sites for hydroxylation is 1. The van der Waals surface area contributed by atoms with Crippen molar-refractivity contribution in [2.75, 3.05) is 11.1 Å². The van der Waals surface area contributed by atoms with Gasteiger partial charge in [0.05, 0.1) is 17.1 Å². The van der Waals surface area contributed by atoms with E-state index in [4.69, 9.17) is 5.73 Å². The number of aromatic nitrogens is 3. The molecule has 1 aliphatic rings. The molecule has 3 aromatic rings. The third kappa shape index (κ3) is 5.26. The molecule has 1 amide bonds. The molecule has 1 saturated carbocycles. The quantitative estimate of drug-likeness (QED) is 0.561. The highest BCUT2D eigenvalue weighted by molar-refractivity contribution is 5.95. The third-order valence-corrected chi connectivity index (χ3v) is 5.80. The molecule has 0 unspecified atom stereocenters. The van der Waals surface area contributed by atoms with Crippen LogP contribution >= 0.6 is 0 Å². The number of nitrogens with zero attached hydrogens (tertiary/aromatic N) is 3. The monoisotopic (exact) mass is 403 g/mol. The molecule has 4 rings (SSSR count). The van der Waals surface area contributed by atoms with E-state index in [1.165, 1.54) is 32.1 Å². The summed E-state index contributed by atoms with van der Waals surface area (Å²) in [5.41, 5.74) is 10.2. The van der Waals surface area contributed by atoms with Gasteiger partial charge in [-0.25, -0.2) is 0 Å². The topological polar surface area (TPSA) is 85.8 Å². The van der Waals surface area contributed by atoms with Crippen molar-refractivity contribution in [3.63, 3.8) is 0 Å². The number of nitrogens with two attached hydrogens (primary N) is 1. The number of carbonyl (C=O) groups excluding carboxylic acids is 1. The summed E-state index contributed by atoms with van der Waals surface area (Å²) >= 11 is 0. The van der Waals surface area contributed by atoms with Gasteiger partial charge < -0.3 is 11.1 Å². The molecule has 1 aromatic heterocycles. The number of benzene rings is 2. The van der Waals surface area contributed by atoms with Crippen LogP contribution in [0.5, 0.6) is 0 Å². The second-order valence-electron chi connectivity index (χ2n) is 8.15. The molecule has 1 heterocycles. The number of nitrogens with one attached hydrogen (secondary N) is 1. The van der Waals surface area contributed by atoms with Crippen molar-refractivity contribution in [1.82, 2.24) is 15.0 Å². The van der Waals surface area contributed by atoms with E-state index >= 15 is 0 Å². The average Bonchev–Trinajstić information content (AvgIpc) is 3.22. The smallest absolute Gasteiger partial charge is 0.224 e. The molecule has 0 spiro atoms. The molecule has 1 fully saturated rings. The highest BCUT2D eigenvalue weighted by atomic mass is 16.1. The first-order chi connectivity index (χ1) is 14.7. The highest BCUT2D eigenvalue weighted by Gasteiger charge is 2.15. The van der Waals surface area contributed by atoms with Gasteiger partial charge in [-0.2, -0.15) is 0 Å².